The van der Waals surface area contributed by atoms with Crippen LogP contribution in [0.25, 0.3) is 21.5 Å². The summed E-state index contributed by atoms with van der Waals surface area (Å²) >= 11 is 0. The lowest BCUT2D eigenvalue weighted by Gasteiger charge is -2.17. The highest BCUT2D eigenvalue weighted by molar-refractivity contribution is 6.00. The zero-order valence-corrected chi connectivity index (χ0v) is 43.6. The van der Waals surface area contributed by atoms with Crippen molar-refractivity contribution in [3.63, 3.8) is 0 Å². The molecule has 0 aliphatic carbocycles. The van der Waals surface area contributed by atoms with Crippen molar-refractivity contribution in [1.82, 2.24) is 0 Å². The van der Waals surface area contributed by atoms with Crippen molar-refractivity contribution in [1.29, 1.82) is 0 Å². The largest absolute Gasteiger partial charge is 0.498 e. The Labute approximate surface area is 421 Å². The maximum Gasteiger partial charge on any atom is 0.161 e. The van der Waals surface area contributed by atoms with Crippen LogP contribution in [-0.4, -0.2) is 79.3 Å². The zero-order valence-electron chi connectivity index (χ0n) is 43.6. The van der Waals surface area contributed by atoms with Gasteiger partial charge in [0.2, 0.25) is 0 Å². The SMILES string of the molecule is CCO/C=C/OCCCCCCCOc1cc2cc3cc(OCCCCCCCO/C=C/OCC)c(OCCCCCCCO/C=C/OCC)cc3cc2cc1OCCCCCCCO/C=C/OCC. The summed E-state index contributed by atoms with van der Waals surface area (Å²) in [5, 5.41) is 4.39. The Morgan fingerprint density at radius 2 is 0.414 bits per heavy atom. The van der Waals surface area contributed by atoms with Gasteiger partial charge in [0, 0.05) is 0 Å². The monoisotopic (exact) mass is 979 g/mol. The van der Waals surface area contributed by atoms with Gasteiger partial charge < -0.3 is 56.8 Å². The molecular weight excluding hydrogens is 889 g/mol. The summed E-state index contributed by atoms with van der Waals surface area (Å²) in [7, 11) is 0. The molecule has 0 N–H and O–H groups in total. The minimum Gasteiger partial charge on any atom is -0.498 e. The summed E-state index contributed by atoms with van der Waals surface area (Å²) in [6.07, 6.45) is 34.3. The Morgan fingerprint density at radius 1 is 0.229 bits per heavy atom. The quantitative estimate of drug-likeness (QED) is 0.0305. The minimum atomic E-state index is 0.629. The van der Waals surface area contributed by atoms with Crippen molar-refractivity contribution >= 4 is 21.5 Å². The fraction of sp³-hybridized carbons (Fsp3) is 0.621. The van der Waals surface area contributed by atoms with Crippen molar-refractivity contribution in [2.75, 3.05) is 79.3 Å². The van der Waals surface area contributed by atoms with E-state index in [1.54, 1.807) is 50.1 Å². The lowest BCUT2D eigenvalue weighted by Crippen LogP contribution is -2.04. The molecule has 3 aromatic carbocycles. The van der Waals surface area contributed by atoms with Crippen LogP contribution in [0.2, 0.25) is 0 Å². The molecule has 0 aliphatic rings. The Morgan fingerprint density at radius 3 is 0.629 bits per heavy atom. The number of ether oxygens (including phenoxy) is 12. The number of rotatable bonds is 48. The van der Waals surface area contributed by atoms with E-state index >= 15 is 0 Å². The van der Waals surface area contributed by atoms with E-state index in [1.807, 2.05) is 27.7 Å². The predicted molar refractivity (Wildman–Crippen MR) is 283 cm³/mol. The normalized spacial score (nSPS) is 11.6. The Bertz CT molecular complexity index is 1570. The van der Waals surface area contributed by atoms with E-state index in [0.717, 1.165) is 173 Å². The van der Waals surface area contributed by atoms with Crippen LogP contribution in [0.5, 0.6) is 23.0 Å². The first-order valence-electron chi connectivity index (χ1n) is 26.8. The maximum absolute atomic E-state index is 6.50. The molecular formula is C58H90O12. The van der Waals surface area contributed by atoms with Gasteiger partial charge in [0.25, 0.3) is 0 Å². The van der Waals surface area contributed by atoms with Gasteiger partial charge in [-0.2, -0.15) is 0 Å². The summed E-state index contributed by atoms with van der Waals surface area (Å²) in [5.74, 6) is 3.15. The van der Waals surface area contributed by atoms with E-state index in [0.29, 0.717) is 79.3 Å². The summed E-state index contributed by atoms with van der Waals surface area (Å²) in [5.41, 5.74) is 0. The van der Waals surface area contributed by atoms with Gasteiger partial charge >= 0.3 is 0 Å². The van der Waals surface area contributed by atoms with Crippen LogP contribution >= 0.6 is 0 Å². The molecule has 0 heterocycles. The van der Waals surface area contributed by atoms with Crippen molar-refractivity contribution in [3.8, 4) is 23.0 Å². The molecule has 0 unspecified atom stereocenters. The maximum atomic E-state index is 6.50. The molecule has 12 nitrogen and oxygen atoms in total. The summed E-state index contributed by atoms with van der Waals surface area (Å²) in [6, 6.07) is 13.1. The van der Waals surface area contributed by atoms with Gasteiger partial charge in [-0.05, 0) is 137 Å². The second kappa shape index (κ2) is 42.6. The summed E-state index contributed by atoms with van der Waals surface area (Å²) < 4.78 is 68.8. The van der Waals surface area contributed by atoms with Gasteiger partial charge in [-0.15, -0.1) is 0 Å². The molecule has 0 aromatic heterocycles. The average Bonchev–Trinajstić information content (AvgIpc) is 3.37. The molecule has 394 valence electrons. The number of fused-ring (bicyclic) bond motifs is 2. The van der Waals surface area contributed by atoms with E-state index in [9.17, 15) is 0 Å². The minimum absolute atomic E-state index is 0.629. The predicted octanol–water partition coefficient (Wildman–Crippen LogP) is 15.4. The second-order valence-electron chi connectivity index (χ2n) is 17.0. The molecule has 0 saturated carbocycles. The molecule has 0 aliphatic heterocycles. The van der Waals surface area contributed by atoms with Crippen LogP contribution in [-0.2, 0) is 37.9 Å². The molecule has 12 heteroatoms. The Kier molecular flexibility index (Phi) is 35.9. The number of benzene rings is 3. The van der Waals surface area contributed by atoms with Crippen molar-refractivity contribution in [3.05, 3.63) is 86.5 Å². The van der Waals surface area contributed by atoms with Crippen molar-refractivity contribution in [2.24, 2.45) is 0 Å². The van der Waals surface area contributed by atoms with Crippen LogP contribution in [0.15, 0.2) is 86.5 Å². The Hall–Kier alpha value is -5.26. The molecule has 0 fully saturated rings. The van der Waals surface area contributed by atoms with E-state index in [2.05, 4.69) is 36.4 Å². The topological polar surface area (TPSA) is 111 Å². The fourth-order valence-corrected chi connectivity index (χ4v) is 7.44. The molecule has 0 bridgehead atoms. The first-order chi connectivity index (χ1) is 34.7. The lowest BCUT2D eigenvalue weighted by atomic mass is 10.0. The highest BCUT2D eigenvalue weighted by Crippen LogP contribution is 2.39. The summed E-state index contributed by atoms with van der Waals surface area (Å²) in [4.78, 5) is 0. The second-order valence-corrected chi connectivity index (χ2v) is 17.0. The number of hydrogen-bond acceptors (Lipinski definition) is 12. The molecule has 0 saturated heterocycles. The Balaban J connectivity index is 1.67. The highest BCUT2D eigenvalue weighted by Gasteiger charge is 2.14. The van der Waals surface area contributed by atoms with E-state index in [1.165, 1.54) is 0 Å². The third-order valence-electron chi connectivity index (χ3n) is 11.2. The lowest BCUT2D eigenvalue weighted by molar-refractivity contribution is 0.206. The van der Waals surface area contributed by atoms with Crippen LogP contribution in [0.4, 0.5) is 0 Å². The molecule has 0 atom stereocenters. The molecule has 0 radical (unpaired) electrons. The van der Waals surface area contributed by atoms with Crippen LogP contribution in [0.1, 0.15) is 156 Å². The molecule has 0 spiro atoms. The first-order valence-corrected chi connectivity index (χ1v) is 26.8. The first kappa shape index (κ1) is 59.1. The van der Waals surface area contributed by atoms with E-state index in [4.69, 9.17) is 56.8 Å². The third kappa shape index (κ3) is 29.0. The zero-order chi connectivity index (χ0) is 49.6. The van der Waals surface area contributed by atoms with Gasteiger partial charge in [-0.1, -0.05) is 77.0 Å². The smallest absolute Gasteiger partial charge is 0.161 e. The van der Waals surface area contributed by atoms with Crippen LogP contribution < -0.4 is 18.9 Å². The standard InChI is InChI=1S/C58H90O12/c1-5-59-37-41-63-29-21-13-9-17-25-33-67-55-47-51-45-53-49-57(69-35-27-19-11-15-23-31-65-43-39-61-7-3)58(70-36-28-20-12-16-24-32-66-44-40-62-8-4)50-54(53)46-52(51)48-56(55)68-34-26-18-10-14-22-30-64-42-38-60-6-2/h37-50H,5-36H2,1-4H3/b41-37+,42-38+,43-39+,44-40+. The molecule has 0 amide bonds. The molecule has 3 rings (SSSR count). The van der Waals surface area contributed by atoms with E-state index in [-0.39, 0.29) is 0 Å². The van der Waals surface area contributed by atoms with Gasteiger partial charge in [0.15, 0.2) is 23.0 Å². The molecule has 70 heavy (non-hydrogen) atoms. The average molecular weight is 979 g/mol. The number of unbranched alkanes of at least 4 members (excludes halogenated alkanes) is 16. The van der Waals surface area contributed by atoms with Gasteiger partial charge in [0.05, 0.1) is 79.3 Å². The van der Waals surface area contributed by atoms with Gasteiger partial charge in [0.1, 0.15) is 50.1 Å². The molecule has 3 aromatic rings. The summed E-state index contributed by atoms with van der Waals surface area (Å²) in [6.45, 7) is 15.7. The van der Waals surface area contributed by atoms with Crippen LogP contribution in [0.3, 0.4) is 0 Å². The van der Waals surface area contributed by atoms with E-state index < -0.39 is 0 Å². The van der Waals surface area contributed by atoms with Crippen molar-refractivity contribution < 1.29 is 56.8 Å². The fourth-order valence-electron chi connectivity index (χ4n) is 7.44. The van der Waals surface area contributed by atoms with Crippen molar-refractivity contribution in [2.45, 2.75) is 156 Å². The number of hydrogen-bond donors (Lipinski definition) is 0. The van der Waals surface area contributed by atoms with Gasteiger partial charge in [-0.25, -0.2) is 0 Å². The van der Waals surface area contributed by atoms with Gasteiger partial charge in [-0.3, -0.25) is 0 Å². The van der Waals surface area contributed by atoms with Crippen LogP contribution in [0, 0.1) is 0 Å². The third-order valence-corrected chi connectivity index (χ3v) is 11.2. The highest BCUT2D eigenvalue weighted by atomic mass is 16.5.